The molecule has 32 heavy (non-hydrogen) atoms. The van der Waals surface area contributed by atoms with Gasteiger partial charge in [-0.25, -0.2) is 4.39 Å². The Balaban J connectivity index is 1.65. The smallest absolute Gasteiger partial charge is 0.211 e. The molecule has 0 radical (unpaired) electrons. The maximum Gasteiger partial charge on any atom is 0.211 e. The van der Waals surface area contributed by atoms with Crippen LogP contribution in [-0.2, 0) is 11.2 Å². The third kappa shape index (κ3) is 5.71. The predicted molar refractivity (Wildman–Crippen MR) is 132 cm³/mol. The van der Waals surface area contributed by atoms with Gasteiger partial charge in [0.25, 0.3) is 0 Å². The topological polar surface area (TPSA) is 74.7 Å². The van der Waals surface area contributed by atoms with Gasteiger partial charge in [-0.05, 0) is 57.4 Å². The molecule has 0 aliphatic heterocycles. The van der Waals surface area contributed by atoms with Gasteiger partial charge in [-0.3, -0.25) is 5.10 Å². The number of thioether (sulfide) groups is 1. The number of anilines is 2. The zero-order chi connectivity index (χ0) is 23.1. The van der Waals surface area contributed by atoms with Crippen LogP contribution in [-0.4, -0.2) is 34.7 Å². The molecule has 0 saturated heterocycles. The van der Waals surface area contributed by atoms with Crippen molar-refractivity contribution in [2.24, 2.45) is 16.1 Å². The summed E-state index contributed by atoms with van der Waals surface area (Å²) >= 11 is 1.56. The van der Waals surface area contributed by atoms with Gasteiger partial charge in [0.05, 0.1) is 5.69 Å². The minimum absolute atomic E-state index is 0.114. The molecule has 1 aliphatic rings. The number of halogens is 1. The quantitative estimate of drug-likeness (QED) is 0.190. The molecule has 0 amide bonds. The van der Waals surface area contributed by atoms with E-state index in [1.165, 1.54) is 0 Å². The fraction of sp³-hybridized carbons (Fsp3) is 0.542. The van der Waals surface area contributed by atoms with Crippen LogP contribution in [0.3, 0.4) is 0 Å². The largest absolute Gasteiger partial charge is 0.476 e. The Hall–Kier alpha value is -2.35. The lowest BCUT2D eigenvalue weighted by molar-refractivity contribution is 0.179. The van der Waals surface area contributed by atoms with Crippen LogP contribution in [0, 0.1) is 11.7 Å². The fourth-order valence-electron chi connectivity index (χ4n) is 4.00. The third-order valence-corrected chi connectivity index (χ3v) is 6.87. The van der Waals surface area contributed by atoms with Crippen LogP contribution in [0.2, 0.25) is 0 Å². The number of benzene rings is 1. The van der Waals surface area contributed by atoms with E-state index in [-0.39, 0.29) is 17.8 Å². The van der Waals surface area contributed by atoms with Crippen LogP contribution in [0.1, 0.15) is 70.6 Å². The summed E-state index contributed by atoms with van der Waals surface area (Å²) in [5.41, 5.74) is 2.24. The van der Waals surface area contributed by atoms with Crippen molar-refractivity contribution in [3.05, 3.63) is 35.3 Å². The summed E-state index contributed by atoms with van der Waals surface area (Å²) in [6.45, 7) is 8.05. The van der Waals surface area contributed by atoms with E-state index < -0.39 is 0 Å². The third-order valence-electron chi connectivity index (χ3n) is 6.05. The van der Waals surface area contributed by atoms with Crippen molar-refractivity contribution < 1.29 is 9.13 Å². The standard InChI is InChI=1S/C24H34FN5OS/c1-6-15(4)24(30-26-8-3)31-17-10-9-16(13-17)20-14-22(29-28-20)27-19-11-12-21(32-5)18(7-2)23(19)25/h8,11-12,14-17H,6-7,9-10,13H2,1-5H3,(H2,27,28,29)/b26-8-,30-24+. The van der Waals surface area contributed by atoms with Crippen LogP contribution in [0.25, 0.3) is 0 Å². The number of nitrogens with one attached hydrogen (secondary N) is 2. The van der Waals surface area contributed by atoms with E-state index in [4.69, 9.17) is 4.74 Å². The number of aromatic nitrogens is 2. The van der Waals surface area contributed by atoms with E-state index in [0.29, 0.717) is 29.7 Å². The highest BCUT2D eigenvalue weighted by molar-refractivity contribution is 7.98. The number of aromatic amines is 1. The molecule has 3 atom stereocenters. The second-order valence-corrected chi connectivity index (χ2v) is 9.01. The second kappa shape index (κ2) is 11.5. The summed E-state index contributed by atoms with van der Waals surface area (Å²) in [4.78, 5) is 0.972. The molecule has 0 spiro atoms. The van der Waals surface area contributed by atoms with E-state index in [2.05, 4.69) is 39.6 Å². The Morgan fingerprint density at radius 1 is 1.41 bits per heavy atom. The van der Waals surface area contributed by atoms with Gasteiger partial charge in [0, 0.05) is 40.3 Å². The summed E-state index contributed by atoms with van der Waals surface area (Å²) in [5.74, 6) is 1.69. The maximum atomic E-state index is 14.9. The van der Waals surface area contributed by atoms with Gasteiger partial charge in [-0.1, -0.05) is 20.8 Å². The Labute approximate surface area is 194 Å². The minimum Gasteiger partial charge on any atom is -0.476 e. The van der Waals surface area contributed by atoms with E-state index >= 15 is 0 Å². The first kappa shape index (κ1) is 24.3. The molecule has 2 N–H and O–H groups in total. The number of H-pyrrole nitrogens is 1. The van der Waals surface area contributed by atoms with Crippen LogP contribution in [0.4, 0.5) is 15.9 Å². The van der Waals surface area contributed by atoms with Gasteiger partial charge in [-0.15, -0.1) is 16.9 Å². The predicted octanol–water partition coefficient (Wildman–Crippen LogP) is 6.68. The molecular weight excluding hydrogens is 425 g/mol. The number of ether oxygens (including phenoxy) is 1. The Kier molecular flexibility index (Phi) is 8.73. The van der Waals surface area contributed by atoms with Crippen molar-refractivity contribution in [1.29, 1.82) is 0 Å². The second-order valence-electron chi connectivity index (χ2n) is 8.17. The molecule has 1 aromatic heterocycles. The monoisotopic (exact) mass is 459 g/mol. The molecule has 1 saturated carbocycles. The van der Waals surface area contributed by atoms with E-state index in [9.17, 15) is 4.39 Å². The molecule has 174 valence electrons. The van der Waals surface area contributed by atoms with Gasteiger partial charge in [0.15, 0.2) is 11.6 Å². The summed E-state index contributed by atoms with van der Waals surface area (Å²) in [6.07, 6.45) is 8.22. The van der Waals surface area contributed by atoms with Crippen LogP contribution >= 0.6 is 11.8 Å². The Bertz CT molecular complexity index is 958. The normalized spacial score (nSPS) is 20.1. The number of hydrogen-bond donors (Lipinski definition) is 2. The van der Waals surface area contributed by atoms with Crippen molar-refractivity contribution in [2.75, 3.05) is 11.6 Å². The number of hydrogen-bond acceptors (Lipinski definition) is 6. The van der Waals surface area contributed by atoms with Crippen LogP contribution < -0.4 is 5.32 Å². The van der Waals surface area contributed by atoms with Crippen molar-refractivity contribution >= 4 is 35.4 Å². The van der Waals surface area contributed by atoms with Gasteiger partial charge >= 0.3 is 0 Å². The van der Waals surface area contributed by atoms with Crippen LogP contribution in [0.5, 0.6) is 0 Å². The van der Waals surface area contributed by atoms with Crippen molar-refractivity contribution in [3.8, 4) is 0 Å². The average molecular weight is 460 g/mol. The maximum absolute atomic E-state index is 14.9. The van der Waals surface area contributed by atoms with E-state index in [1.54, 1.807) is 24.0 Å². The summed E-state index contributed by atoms with van der Waals surface area (Å²) < 4.78 is 21.1. The first-order chi connectivity index (χ1) is 15.5. The lowest BCUT2D eigenvalue weighted by atomic mass is 10.0. The van der Waals surface area contributed by atoms with Gasteiger partial charge in [0.1, 0.15) is 6.10 Å². The average Bonchev–Trinajstić information content (AvgIpc) is 3.46. The molecule has 3 rings (SSSR count). The first-order valence-electron chi connectivity index (χ1n) is 11.4. The van der Waals surface area contributed by atoms with Crippen LogP contribution in [0.15, 0.2) is 33.3 Å². The van der Waals surface area contributed by atoms with E-state index in [0.717, 1.165) is 41.8 Å². The van der Waals surface area contributed by atoms with Gasteiger partial charge < -0.3 is 10.1 Å². The van der Waals surface area contributed by atoms with Gasteiger partial charge in [-0.2, -0.15) is 10.2 Å². The molecule has 0 bridgehead atoms. The van der Waals surface area contributed by atoms with Crippen molar-refractivity contribution in [3.63, 3.8) is 0 Å². The van der Waals surface area contributed by atoms with Crippen molar-refractivity contribution in [1.82, 2.24) is 10.2 Å². The molecule has 3 unspecified atom stereocenters. The number of nitrogens with zero attached hydrogens (tertiary/aromatic N) is 3. The van der Waals surface area contributed by atoms with E-state index in [1.807, 2.05) is 32.2 Å². The summed E-state index contributed by atoms with van der Waals surface area (Å²) in [6, 6.07) is 5.72. The first-order valence-corrected chi connectivity index (χ1v) is 12.6. The molecule has 1 fully saturated rings. The highest BCUT2D eigenvalue weighted by atomic mass is 32.2. The zero-order valence-electron chi connectivity index (χ0n) is 19.6. The number of rotatable bonds is 9. The molecule has 1 heterocycles. The zero-order valence-corrected chi connectivity index (χ0v) is 20.4. The molecule has 2 aromatic rings. The fourth-order valence-corrected chi connectivity index (χ4v) is 4.68. The summed E-state index contributed by atoms with van der Waals surface area (Å²) in [5, 5.41) is 18.9. The molecular formula is C24H34FN5OS. The van der Waals surface area contributed by atoms with Crippen molar-refractivity contribution in [2.45, 2.75) is 76.7 Å². The minimum atomic E-state index is -0.204. The molecule has 1 aliphatic carbocycles. The molecule has 6 nitrogen and oxygen atoms in total. The Morgan fingerprint density at radius 3 is 2.91 bits per heavy atom. The summed E-state index contributed by atoms with van der Waals surface area (Å²) in [7, 11) is 0. The highest BCUT2D eigenvalue weighted by Gasteiger charge is 2.30. The highest BCUT2D eigenvalue weighted by Crippen LogP contribution is 2.37. The molecule has 1 aromatic carbocycles. The molecule has 8 heteroatoms. The van der Waals surface area contributed by atoms with Gasteiger partial charge in [0.2, 0.25) is 5.90 Å². The SMILES string of the molecule is C/C=N\N=C(\OC1CCC(c2cc(Nc3ccc(SC)c(CC)c3F)n[nH]2)C1)C(C)CC. The Morgan fingerprint density at radius 2 is 2.22 bits per heavy atom. The lowest BCUT2D eigenvalue weighted by Gasteiger charge is -2.18. The lowest BCUT2D eigenvalue weighted by Crippen LogP contribution is -2.21.